The maximum atomic E-state index is 12.0. The minimum Gasteiger partial charge on any atom is -0.482 e. The van der Waals surface area contributed by atoms with E-state index in [9.17, 15) is 9.59 Å². The summed E-state index contributed by atoms with van der Waals surface area (Å²) < 4.78 is 10.5. The maximum Gasteiger partial charge on any atom is 0.341 e. The molecule has 2 rings (SSSR count). The predicted octanol–water partition coefficient (Wildman–Crippen LogP) is 2.72. The summed E-state index contributed by atoms with van der Waals surface area (Å²) in [4.78, 5) is 22.4. The second-order valence-corrected chi connectivity index (χ2v) is 5.64. The third-order valence-electron chi connectivity index (χ3n) is 3.13. The molecule has 136 valence electrons. The Kier molecular flexibility index (Phi) is 6.99. The number of carbonyl (C=O) groups is 2. The molecule has 0 bridgehead atoms. The molecule has 1 amide bonds. The first kappa shape index (κ1) is 19.3. The van der Waals surface area contributed by atoms with Crippen LogP contribution in [0.3, 0.4) is 0 Å². The van der Waals surface area contributed by atoms with Crippen LogP contribution in [-0.2, 0) is 9.59 Å². The number of carbonyl (C=O) groups excluding carboxylic acids is 1. The summed E-state index contributed by atoms with van der Waals surface area (Å²) in [6, 6.07) is 13.3. The quantitative estimate of drug-likeness (QED) is 0.545. The van der Waals surface area contributed by atoms with E-state index in [4.69, 9.17) is 26.2 Å². The zero-order chi connectivity index (χ0) is 18.9. The first-order chi connectivity index (χ1) is 12.4. The summed E-state index contributed by atoms with van der Waals surface area (Å²) in [5, 5.41) is 13.0. The lowest BCUT2D eigenvalue weighted by Crippen LogP contribution is -2.33. The number of hydrogen-bond acceptors (Lipinski definition) is 5. The van der Waals surface area contributed by atoms with Crippen LogP contribution in [0.15, 0.2) is 53.6 Å². The molecular weight excluding hydrogens is 360 g/mol. The molecule has 0 aromatic heterocycles. The molecule has 2 N–H and O–H groups in total. The van der Waals surface area contributed by atoms with Crippen molar-refractivity contribution in [3.05, 3.63) is 59.1 Å². The molecule has 2 aromatic rings. The Morgan fingerprint density at radius 2 is 1.77 bits per heavy atom. The first-order valence-electron chi connectivity index (χ1n) is 7.64. The summed E-state index contributed by atoms with van der Waals surface area (Å²) in [5.41, 5.74) is 3.10. The van der Waals surface area contributed by atoms with E-state index in [1.165, 1.54) is 6.21 Å². The fourth-order valence-electron chi connectivity index (χ4n) is 1.83. The van der Waals surface area contributed by atoms with Gasteiger partial charge in [0.1, 0.15) is 11.5 Å². The molecule has 0 saturated heterocycles. The molecule has 0 saturated carbocycles. The summed E-state index contributed by atoms with van der Waals surface area (Å²) in [5.74, 6) is -0.498. The first-order valence-corrected chi connectivity index (χ1v) is 8.01. The van der Waals surface area contributed by atoms with Crippen LogP contribution in [0.2, 0.25) is 5.02 Å². The van der Waals surface area contributed by atoms with Gasteiger partial charge in [-0.2, -0.15) is 5.10 Å². The molecule has 0 aliphatic rings. The minimum absolute atomic E-state index is 0.405. The fourth-order valence-corrected chi connectivity index (χ4v) is 1.95. The second kappa shape index (κ2) is 9.43. The number of nitrogens with one attached hydrogen (secondary N) is 1. The Morgan fingerprint density at radius 3 is 2.38 bits per heavy atom. The van der Waals surface area contributed by atoms with Gasteiger partial charge in [0.25, 0.3) is 5.91 Å². The molecule has 8 heteroatoms. The molecule has 0 radical (unpaired) electrons. The van der Waals surface area contributed by atoms with Crippen molar-refractivity contribution in [1.29, 1.82) is 0 Å². The van der Waals surface area contributed by atoms with Gasteiger partial charge < -0.3 is 14.6 Å². The lowest BCUT2D eigenvalue weighted by atomic mass is 10.2. The molecule has 7 nitrogen and oxygen atoms in total. The lowest BCUT2D eigenvalue weighted by molar-refractivity contribution is -0.139. The van der Waals surface area contributed by atoms with Gasteiger partial charge in [-0.25, -0.2) is 10.2 Å². The number of halogens is 1. The molecule has 26 heavy (non-hydrogen) atoms. The molecule has 0 fully saturated rings. The molecule has 0 aliphatic heterocycles. The van der Waals surface area contributed by atoms with E-state index in [-0.39, 0.29) is 0 Å². The number of nitrogens with zero attached hydrogens (tertiary/aromatic N) is 1. The van der Waals surface area contributed by atoms with Crippen LogP contribution in [0.1, 0.15) is 12.5 Å². The Balaban J connectivity index is 1.81. The summed E-state index contributed by atoms with van der Waals surface area (Å²) in [6.45, 7) is 1.20. The molecule has 1 atom stereocenters. The van der Waals surface area contributed by atoms with E-state index in [1.807, 2.05) is 0 Å². The number of hydrogen-bond donors (Lipinski definition) is 2. The molecule has 0 spiro atoms. The van der Waals surface area contributed by atoms with Gasteiger partial charge in [-0.3, -0.25) is 4.79 Å². The minimum atomic E-state index is -1.05. The smallest absolute Gasteiger partial charge is 0.341 e. The van der Waals surface area contributed by atoms with Crippen LogP contribution in [0.4, 0.5) is 0 Å². The molecule has 0 aliphatic carbocycles. The third-order valence-corrected chi connectivity index (χ3v) is 3.38. The Hall–Kier alpha value is -3.06. The van der Waals surface area contributed by atoms with Crippen LogP contribution < -0.4 is 14.9 Å². The Bertz CT molecular complexity index is 775. The van der Waals surface area contributed by atoms with Gasteiger partial charge in [0.15, 0.2) is 12.7 Å². The van der Waals surface area contributed by atoms with Gasteiger partial charge in [0, 0.05) is 5.02 Å². The standard InChI is InChI=1S/C18H17ClN2O5/c1-12(26-16-8-4-14(19)5-9-16)18(24)21-20-10-13-2-6-15(7-3-13)25-11-17(22)23/h2-10,12H,11H2,1H3,(H,21,24)(H,22,23)/b20-10-/t12-/m1/s1. The monoisotopic (exact) mass is 376 g/mol. The maximum absolute atomic E-state index is 12.0. The zero-order valence-electron chi connectivity index (χ0n) is 13.9. The molecule has 0 unspecified atom stereocenters. The van der Waals surface area contributed by atoms with E-state index in [0.29, 0.717) is 22.1 Å². The highest BCUT2D eigenvalue weighted by atomic mass is 35.5. The SMILES string of the molecule is C[C@@H](Oc1ccc(Cl)cc1)C(=O)N/N=C\c1ccc(OCC(=O)O)cc1. The molecular formula is C18H17ClN2O5. The highest BCUT2D eigenvalue weighted by Crippen LogP contribution is 2.16. The highest BCUT2D eigenvalue weighted by molar-refractivity contribution is 6.30. The average Bonchev–Trinajstić information content (AvgIpc) is 2.62. The van der Waals surface area contributed by atoms with Crippen molar-refractivity contribution in [2.45, 2.75) is 13.0 Å². The van der Waals surface area contributed by atoms with Crippen LogP contribution in [-0.4, -0.2) is 35.9 Å². The van der Waals surface area contributed by atoms with Crippen molar-refractivity contribution in [2.75, 3.05) is 6.61 Å². The second-order valence-electron chi connectivity index (χ2n) is 5.20. The summed E-state index contributed by atoms with van der Waals surface area (Å²) >= 11 is 5.79. The van der Waals surface area contributed by atoms with E-state index in [0.717, 1.165) is 0 Å². The highest BCUT2D eigenvalue weighted by Gasteiger charge is 2.13. The lowest BCUT2D eigenvalue weighted by Gasteiger charge is -2.12. The summed E-state index contributed by atoms with van der Waals surface area (Å²) in [7, 11) is 0. The van der Waals surface area contributed by atoms with Gasteiger partial charge in [-0.05, 0) is 61.0 Å². The number of benzene rings is 2. The van der Waals surface area contributed by atoms with E-state index >= 15 is 0 Å². The fraction of sp³-hybridized carbons (Fsp3) is 0.167. The van der Waals surface area contributed by atoms with E-state index in [2.05, 4.69) is 10.5 Å². The summed E-state index contributed by atoms with van der Waals surface area (Å²) in [6.07, 6.45) is 0.716. The molecule has 0 heterocycles. The number of carboxylic acid groups (broad SMARTS) is 1. The number of rotatable bonds is 8. The largest absolute Gasteiger partial charge is 0.482 e. The topological polar surface area (TPSA) is 97.2 Å². The number of amides is 1. The number of carboxylic acids is 1. The zero-order valence-corrected chi connectivity index (χ0v) is 14.6. The number of hydrazone groups is 1. The van der Waals surface area contributed by atoms with E-state index < -0.39 is 24.6 Å². The van der Waals surface area contributed by atoms with Gasteiger partial charge in [-0.1, -0.05) is 11.6 Å². The van der Waals surface area contributed by atoms with Gasteiger partial charge >= 0.3 is 5.97 Å². The average molecular weight is 377 g/mol. The van der Waals surface area contributed by atoms with Crippen molar-refractivity contribution in [3.8, 4) is 11.5 Å². The molecule has 2 aromatic carbocycles. The van der Waals surface area contributed by atoms with Gasteiger partial charge in [0.2, 0.25) is 0 Å². The number of aliphatic carboxylic acids is 1. The van der Waals surface area contributed by atoms with Crippen molar-refractivity contribution < 1.29 is 24.2 Å². The van der Waals surface area contributed by atoms with Crippen LogP contribution >= 0.6 is 11.6 Å². The Morgan fingerprint density at radius 1 is 1.15 bits per heavy atom. The van der Waals surface area contributed by atoms with Crippen molar-refractivity contribution in [2.24, 2.45) is 5.10 Å². The van der Waals surface area contributed by atoms with E-state index in [1.54, 1.807) is 55.5 Å². The van der Waals surface area contributed by atoms with Crippen molar-refractivity contribution in [3.63, 3.8) is 0 Å². The van der Waals surface area contributed by atoms with Crippen LogP contribution in [0.5, 0.6) is 11.5 Å². The Labute approximate surface area is 155 Å². The van der Waals surface area contributed by atoms with Crippen LogP contribution in [0, 0.1) is 0 Å². The number of ether oxygens (including phenoxy) is 2. The van der Waals surface area contributed by atoms with Crippen molar-refractivity contribution in [1.82, 2.24) is 5.43 Å². The van der Waals surface area contributed by atoms with Gasteiger partial charge in [-0.15, -0.1) is 0 Å². The predicted molar refractivity (Wildman–Crippen MR) is 96.9 cm³/mol. The van der Waals surface area contributed by atoms with Crippen molar-refractivity contribution >= 4 is 29.7 Å². The third kappa shape index (κ3) is 6.45. The normalized spacial score (nSPS) is 11.8. The van der Waals surface area contributed by atoms with Crippen LogP contribution in [0.25, 0.3) is 0 Å². The van der Waals surface area contributed by atoms with Gasteiger partial charge in [0.05, 0.1) is 6.21 Å².